The first-order valence-electron chi connectivity index (χ1n) is 5.00. The number of halogens is 3. The van der Waals surface area contributed by atoms with Gasteiger partial charge in [-0.3, -0.25) is 0 Å². The van der Waals surface area contributed by atoms with Gasteiger partial charge in [0.15, 0.2) is 0 Å². The number of hydrogen-bond donors (Lipinski definition) is 1. The zero-order valence-corrected chi connectivity index (χ0v) is 12.2. The number of benzene rings is 1. The molecule has 0 radical (unpaired) electrons. The van der Waals surface area contributed by atoms with Crippen molar-refractivity contribution in [3.8, 4) is 0 Å². The Bertz CT molecular complexity index is 610. The summed E-state index contributed by atoms with van der Waals surface area (Å²) in [7, 11) is 0. The second-order valence-electron chi connectivity index (χ2n) is 3.72. The van der Waals surface area contributed by atoms with Crippen LogP contribution in [0.25, 0.3) is 0 Å². The molecule has 1 N–H and O–H groups in total. The Morgan fingerprint density at radius 2 is 2.06 bits per heavy atom. The minimum absolute atomic E-state index is 0.164. The molecule has 0 aliphatic carbocycles. The molecule has 3 nitrogen and oxygen atoms in total. The topological polar surface area (TPSA) is 42.2 Å². The average molecular weight is 377 g/mol. The summed E-state index contributed by atoms with van der Waals surface area (Å²) in [4.78, 5) is 10.8. The van der Waals surface area contributed by atoms with Crippen LogP contribution in [0.2, 0.25) is 0 Å². The lowest BCUT2D eigenvalue weighted by Crippen LogP contribution is -2.01. The summed E-state index contributed by atoms with van der Waals surface area (Å²) in [5.74, 6) is -1.33. The molecule has 0 bridgehead atoms. The molecule has 0 fully saturated rings. The largest absolute Gasteiger partial charge is 0.478 e. The Morgan fingerprint density at radius 1 is 1.33 bits per heavy atom. The van der Waals surface area contributed by atoms with Crippen LogP contribution >= 0.6 is 31.9 Å². The highest BCUT2D eigenvalue weighted by molar-refractivity contribution is 9.10. The Morgan fingerprint density at radius 3 is 2.67 bits per heavy atom. The number of aromatic nitrogens is 1. The van der Waals surface area contributed by atoms with Crippen LogP contribution in [-0.2, 0) is 6.54 Å². The third-order valence-corrected chi connectivity index (χ3v) is 3.62. The van der Waals surface area contributed by atoms with Crippen molar-refractivity contribution in [3.05, 3.63) is 56.5 Å². The van der Waals surface area contributed by atoms with E-state index in [-0.39, 0.29) is 17.9 Å². The fourth-order valence-corrected chi connectivity index (χ4v) is 2.45. The predicted octanol–water partition coefficient (Wildman–Crippen LogP) is 3.90. The monoisotopic (exact) mass is 375 g/mol. The van der Waals surface area contributed by atoms with Crippen molar-refractivity contribution in [2.75, 3.05) is 0 Å². The van der Waals surface area contributed by atoms with E-state index in [1.807, 2.05) is 0 Å². The van der Waals surface area contributed by atoms with Gasteiger partial charge < -0.3 is 9.67 Å². The van der Waals surface area contributed by atoms with Crippen LogP contribution in [0.3, 0.4) is 0 Å². The molecule has 18 heavy (non-hydrogen) atoms. The van der Waals surface area contributed by atoms with Crippen LogP contribution in [-0.4, -0.2) is 15.6 Å². The van der Waals surface area contributed by atoms with E-state index in [4.69, 9.17) is 5.11 Å². The molecule has 94 valence electrons. The van der Waals surface area contributed by atoms with Crippen molar-refractivity contribution in [2.45, 2.75) is 6.54 Å². The van der Waals surface area contributed by atoms with Crippen LogP contribution < -0.4 is 0 Å². The van der Waals surface area contributed by atoms with Gasteiger partial charge in [0.2, 0.25) is 0 Å². The molecular formula is C12H8Br2FNO2. The zero-order valence-electron chi connectivity index (χ0n) is 9.03. The van der Waals surface area contributed by atoms with Crippen LogP contribution in [0.1, 0.15) is 15.9 Å². The fraction of sp³-hybridized carbons (Fsp3) is 0.0833. The van der Waals surface area contributed by atoms with Gasteiger partial charge in [-0.15, -0.1) is 0 Å². The van der Waals surface area contributed by atoms with Gasteiger partial charge in [0.25, 0.3) is 0 Å². The summed E-state index contributed by atoms with van der Waals surface area (Å²) in [6.45, 7) is 0.263. The lowest BCUT2D eigenvalue weighted by atomic mass is 10.2. The van der Waals surface area contributed by atoms with E-state index in [2.05, 4.69) is 31.9 Å². The number of nitrogens with zero attached hydrogens (tertiary/aromatic N) is 1. The van der Waals surface area contributed by atoms with Gasteiger partial charge in [-0.1, -0.05) is 15.9 Å². The molecule has 1 aromatic heterocycles. The number of hydrogen-bond acceptors (Lipinski definition) is 1. The van der Waals surface area contributed by atoms with Gasteiger partial charge in [0.1, 0.15) is 5.82 Å². The van der Waals surface area contributed by atoms with Gasteiger partial charge in [-0.25, -0.2) is 9.18 Å². The van der Waals surface area contributed by atoms with Crippen LogP contribution in [0.5, 0.6) is 0 Å². The number of rotatable bonds is 3. The lowest BCUT2D eigenvalue weighted by Gasteiger charge is -2.07. The first-order valence-corrected chi connectivity index (χ1v) is 6.59. The second kappa shape index (κ2) is 5.24. The third kappa shape index (κ3) is 2.81. The van der Waals surface area contributed by atoms with Gasteiger partial charge in [0.05, 0.1) is 16.7 Å². The van der Waals surface area contributed by atoms with E-state index in [0.717, 1.165) is 4.47 Å². The smallest absolute Gasteiger partial charge is 0.337 e. The summed E-state index contributed by atoms with van der Waals surface area (Å²) in [6.07, 6.45) is 1.47. The summed E-state index contributed by atoms with van der Waals surface area (Å²) >= 11 is 6.53. The average Bonchev–Trinajstić information content (AvgIpc) is 2.66. The predicted molar refractivity (Wildman–Crippen MR) is 72.3 cm³/mol. The Hall–Kier alpha value is -1.14. The van der Waals surface area contributed by atoms with Gasteiger partial charge in [0, 0.05) is 16.2 Å². The molecule has 0 aliphatic heterocycles. The maximum absolute atomic E-state index is 13.6. The van der Waals surface area contributed by atoms with E-state index >= 15 is 0 Å². The summed E-state index contributed by atoms with van der Waals surface area (Å²) in [5, 5.41) is 8.87. The van der Waals surface area contributed by atoms with Crippen LogP contribution in [0.15, 0.2) is 39.5 Å². The van der Waals surface area contributed by atoms with E-state index in [1.54, 1.807) is 16.7 Å². The van der Waals surface area contributed by atoms with E-state index in [0.29, 0.717) is 10.2 Å². The van der Waals surface area contributed by atoms with Crippen molar-refractivity contribution in [1.82, 2.24) is 4.57 Å². The van der Waals surface area contributed by atoms with Crippen molar-refractivity contribution < 1.29 is 14.3 Å². The van der Waals surface area contributed by atoms with Gasteiger partial charge in [-0.05, 0) is 40.2 Å². The summed E-state index contributed by atoms with van der Waals surface area (Å²) in [6, 6.07) is 6.14. The molecule has 0 saturated carbocycles. The van der Waals surface area contributed by atoms with Crippen LogP contribution in [0.4, 0.5) is 4.39 Å². The SMILES string of the molecule is O=C(O)c1cc(Br)n(Cc2cc(Br)ccc2F)c1. The maximum atomic E-state index is 13.6. The maximum Gasteiger partial charge on any atom is 0.337 e. The molecular weight excluding hydrogens is 369 g/mol. The first-order chi connectivity index (χ1) is 8.47. The molecule has 0 unspecified atom stereocenters. The molecule has 2 aromatic rings. The highest BCUT2D eigenvalue weighted by Crippen LogP contribution is 2.21. The fourth-order valence-electron chi connectivity index (χ4n) is 1.56. The minimum Gasteiger partial charge on any atom is -0.478 e. The van der Waals surface area contributed by atoms with E-state index in [9.17, 15) is 9.18 Å². The molecule has 6 heteroatoms. The summed E-state index contributed by atoms with van der Waals surface area (Å²) in [5.41, 5.74) is 0.648. The Labute approximate surface area is 119 Å². The third-order valence-electron chi connectivity index (χ3n) is 2.44. The Kier molecular flexibility index (Phi) is 3.87. The van der Waals surface area contributed by atoms with Crippen molar-refractivity contribution >= 4 is 37.8 Å². The molecule has 0 spiro atoms. The van der Waals surface area contributed by atoms with Crippen LogP contribution in [0, 0.1) is 5.82 Å². The van der Waals surface area contributed by atoms with Crippen molar-refractivity contribution in [1.29, 1.82) is 0 Å². The van der Waals surface area contributed by atoms with E-state index < -0.39 is 5.97 Å². The second-order valence-corrected chi connectivity index (χ2v) is 5.45. The molecule has 0 aliphatic rings. The zero-order chi connectivity index (χ0) is 13.3. The minimum atomic E-state index is -1.01. The highest BCUT2D eigenvalue weighted by atomic mass is 79.9. The molecule has 0 atom stereocenters. The van der Waals surface area contributed by atoms with Gasteiger partial charge in [-0.2, -0.15) is 0 Å². The quantitative estimate of drug-likeness (QED) is 0.882. The molecule has 1 aromatic carbocycles. The number of aromatic carboxylic acids is 1. The van der Waals surface area contributed by atoms with Gasteiger partial charge >= 0.3 is 5.97 Å². The van der Waals surface area contributed by atoms with E-state index in [1.165, 1.54) is 18.3 Å². The number of carbonyl (C=O) groups is 1. The summed E-state index contributed by atoms with van der Waals surface area (Å²) < 4.78 is 16.6. The molecule has 1 heterocycles. The Balaban J connectivity index is 2.34. The lowest BCUT2D eigenvalue weighted by molar-refractivity contribution is 0.0697. The number of carboxylic acid groups (broad SMARTS) is 1. The number of carboxylic acids is 1. The normalized spacial score (nSPS) is 10.6. The highest BCUT2D eigenvalue weighted by Gasteiger charge is 2.11. The molecule has 0 saturated heterocycles. The molecule has 2 rings (SSSR count). The first kappa shape index (κ1) is 13.3. The van der Waals surface area contributed by atoms with Crippen molar-refractivity contribution in [2.24, 2.45) is 0 Å². The standard InChI is InChI=1S/C12H8Br2FNO2/c13-9-1-2-10(15)7(3-9)5-16-6-8(12(17)18)4-11(16)14/h1-4,6H,5H2,(H,17,18). The molecule has 0 amide bonds. The van der Waals surface area contributed by atoms with Crippen molar-refractivity contribution in [3.63, 3.8) is 0 Å².